The number of anilines is 2. The molecule has 1 heterocycles. The third kappa shape index (κ3) is 5.26. The Kier molecular flexibility index (Phi) is 6.85. The van der Waals surface area contributed by atoms with Crippen molar-refractivity contribution in [3.8, 4) is 5.69 Å². The van der Waals surface area contributed by atoms with E-state index in [1.165, 1.54) is 0 Å². The zero-order valence-corrected chi connectivity index (χ0v) is 17.5. The Balaban J connectivity index is 1.51. The molecule has 0 bridgehead atoms. The van der Waals surface area contributed by atoms with Crippen LogP contribution in [0.4, 0.5) is 11.4 Å². The molecule has 156 valence electrons. The molecule has 0 unspecified atom stereocenters. The predicted molar refractivity (Wildman–Crippen MR) is 119 cm³/mol. The van der Waals surface area contributed by atoms with Crippen molar-refractivity contribution in [2.24, 2.45) is 0 Å². The Labute approximate surface area is 176 Å². The second kappa shape index (κ2) is 9.73. The van der Waals surface area contributed by atoms with Crippen LogP contribution in [0.3, 0.4) is 0 Å². The minimum atomic E-state index is -0.288. The van der Waals surface area contributed by atoms with Gasteiger partial charge in [-0.2, -0.15) is 5.10 Å². The van der Waals surface area contributed by atoms with Crippen LogP contribution in [-0.2, 0) is 4.79 Å². The minimum absolute atomic E-state index is 0.103. The van der Waals surface area contributed by atoms with Gasteiger partial charge in [0.25, 0.3) is 5.91 Å². The maximum Gasteiger partial charge on any atom is 0.251 e. The molecule has 1 aromatic heterocycles. The number of nitrogens with zero attached hydrogens (tertiary/aromatic N) is 3. The number of amides is 2. The molecule has 0 aliphatic heterocycles. The number of carbonyl (C=O) groups excluding carboxylic acids is 2. The van der Waals surface area contributed by atoms with Crippen LogP contribution in [0.15, 0.2) is 67.0 Å². The van der Waals surface area contributed by atoms with Gasteiger partial charge in [0.2, 0.25) is 5.91 Å². The van der Waals surface area contributed by atoms with E-state index in [0.29, 0.717) is 17.3 Å². The molecule has 0 aliphatic carbocycles. The summed E-state index contributed by atoms with van der Waals surface area (Å²) in [5.74, 6) is -0.567. The standard InChI is InChI=1S/C23H27N5O2/c1-4-27(17(2)3)20-10-6-18(7-11-20)23(30)24-16-22(29)26-19-8-12-21(13-9-19)28-15-5-14-25-28/h5-15,17H,4,16H2,1-3H3,(H,24,30)(H,26,29). The summed E-state index contributed by atoms with van der Waals surface area (Å²) in [6, 6.07) is 17.0. The molecule has 3 aromatic rings. The number of nitrogens with one attached hydrogen (secondary N) is 2. The second-order valence-electron chi connectivity index (χ2n) is 7.15. The molecule has 0 radical (unpaired) electrons. The summed E-state index contributed by atoms with van der Waals surface area (Å²) in [4.78, 5) is 26.8. The van der Waals surface area contributed by atoms with Crippen molar-refractivity contribution >= 4 is 23.2 Å². The van der Waals surface area contributed by atoms with Crippen molar-refractivity contribution in [2.45, 2.75) is 26.8 Å². The van der Waals surface area contributed by atoms with Crippen LogP contribution in [-0.4, -0.2) is 40.7 Å². The Bertz CT molecular complexity index is 964. The largest absolute Gasteiger partial charge is 0.369 e. The lowest BCUT2D eigenvalue weighted by atomic mass is 10.1. The first-order chi connectivity index (χ1) is 14.5. The topological polar surface area (TPSA) is 79.3 Å². The van der Waals surface area contributed by atoms with E-state index in [-0.39, 0.29) is 18.4 Å². The van der Waals surface area contributed by atoms with Crippen LogP contribution >= 0.6 is 0 Å². The molecule has 3 rings (SSSR count). The average molecular weight is 406 g/mol. The van der Waals surface area contributed by atoms with Gasteiger partial charge >= 0.3 is 0 Å². The summed E-state index contributed by atoms with van der Waals surface area (Å²) in [5.41, 5.74) is 3.15. The quantitative estimate of drug-likeness (QED) is 0.601. The van der Waals surface area contributed by atoms with Crippen molar-refractivity contribution in [2.75, 3.05) is 23.3 Å². The lowest BCUT2D eigenvalue weighted by molar-refractivity contribution is -0.115. The van der Waals surface area contributed by atoms with Gasteiger partial charge in [-0.3, -0.25) is 9.59 Å². The number of aromatic nitrogens is 2. The van der Waals surface area contributed by atoms with Crippen LogP contribution < -0.4 is 15.5 Å². The molecule has 2 N–H and O–H groups in total. The van der Waals surface area contributed by atoms with Crippen LogP contribution in [0.2, 0.25) is 0 Å². The van der Waals surface area contributed by atoms with E-state index < -0.39 is 0 Å². The number of hydrogen-bond donors (Lipinski definition) is 2. The maximum absolute atomic E-state index is 12.3. The van der Waals surface area contributed by atoms with Crippen molar-refractivity contribution in [3.05, 3.63) is 72.6 Å². The van der Waals surface area contributed by atoms with Crippen LogP contribution in [0, 0.1) is 0 Å². The first kappa shape index (κ1) is 21.1. The van der Waals surface area contributed by atoms with Gasteiger partial charge in [0.05, 0.1) is 12.2 Å². The van der Waals surface area contributed by atoms with E-state index in [2.05, 4.69) is 41.4 Å². The molecule has 0 aliphatic rings. The molecular weight excluding hydrogens is 378 g/mol. The van der Waals surface area contributed by atoms with Gasteiger partial charge in [0.1, 0.15) is 0 Å². The SMILES string of the molecule is CCN(c1ccc(C(=O)NCC(=O)Nc2ccc(-n3cccn3)cc2)cc1)C(C)C. The van der Waals surface area contributed by atoms with Crippen molar-refractivity contribution < 1.29 is 9.59 Å². The highest BCUT2D eigenvalue weighted by Crippen LogP contribution is 2.17. The number of rotatable bonds is 8. The zero-order chi connectivity index (χ0) is 21.5. The van der Waals surface area contributed by atoms with Crippen LogP contribution in [0.5, 0.6) is 0 Å². The summed E-state index contributed by atoms with van der Waals surface area (Å²) < 4.78 is 1.73. The number of benzene rings is 2. The molecule has 2 aromatic carbocycles. The van der Waals surface area contributed by atoms with Crippen molar-refractivity contribution in [1.82, 2.24) is 15.1 Å². The highest BCUT2D eigenvalue weighted by Gasteiger charge is 2.11. The van der Waals surface area contributed by atoms with Crippen LogP contribution in [0.1, 0.15) is 31.1 Å². The molecule has 0 atom stereocenters. The van der Waals surface area contributed by atoms with E-state index in [0.717, 1.165) is 17.9 Å². The van der Waals surface area contributed by atoms with Gasteiger partial charge in [0, 0.05) is 41.9 Å². The normalized spacial score (nSPS) is 10.7. The number of hydrogen-bond acceptors (Lipinski definition) is 4. The van der Waals surface area contributed by atoms with Gasteiger partial charge in [-0.25, -0.2) is 4.68 Å². The predicted octanol–water partition coefficient (Wildman–Crippen LogP) is 3.48. The highest BCUT2D eigenvalue weighted by molar-refractivity contribution is 5.99. The van der Waals surface area contributed by atoms with Gasteiger partial charge in [-0.15, -0.1) is 0 Å². The van der Waals surface area contributed by atoms with E-state index in [4.69, 9.17) is 0 Å². The van der Waals surface area contributed by atoms with Gasteiger partial charge in [-0.05, 0) is 75.4 Å². The average Bonchev–Trinajstić information content (AvgIpc) is 3.28. The summed E-state index contributed by atoms with van der Waals surface area (Å²) in [6.07, 6.45) is 3.55. The molecule has 7 heteroatoms. The smallest absolute Gasteiger partial charge is 0.251 e. The zero-order valence-electron chi connectivity index (χ0n) is 17.5. The Morgan fingerprint density at radius 1 is 1.07 bits per heavy atom. The molecule has 0 fully saturated rings. The Morgan fingerprint density at radius 2 is 1.77 bits per heavy atom. The summed E-state index contributed by atoms with van der Waals surface area (Å²) in [6.45, 7) is 7.16. The highest BCUT2D eigenvalue weighted by atomic mass is 16.2. The third-order valence-corrected chi connectivity index (χ3v) is 4.75. The monoisotopic (exact) mass is 405 g/mol. The molecule has 0 saturated heterocycles. The van der Waals surface area contributed by atoms with E-state index in [9.17, 15) is 9.59 Å². The van der Waals surface area contributed by atoms with Crippen molar-refractivity contribution in [3.63, 3.8) is 0 Å². The number of carbonyl (C=O) groups is 2. The van der Waals surface area contributed by atoms with E-state index in [1.807, 2.05) is 36.5 Å². The maximum atomic E-state index is 12.3. The fourth-order valence-electron chi connectivity index (χ4n) is 3.24. The Hall–Kier alpha value is -3.61. The minimum Gasteiger partial charge on any atom is -0.369 e. The van der Waals surface area contributed by atoms with Gasteiger partial charge in [0.15, 0.2) is 0 Å². The second-order valence-corrected chi connectivity index (χ2v) is 7.15. The molecular formula is C23H27N5O2. The fourth-order valence-corrected chi connectivity index (χ4v) is 3.24. The fraction of sp³-hybridized carbons (Fsp3) is 0.261. The Morgan fingerprint density at radius 3 is 2.33 bits per heavy atom. The van der Waals surface area contributed by atoms with Gasteiger partial charge in [-0.1, -0.05) is 0 Å². The van der Waals surface area contributed by atoms with Crippen LogP contribution in [0.25, 0.3) is 5.69 Å². The molecule has 0 saturated carbocycles. The molecule has 30 heavy (non-hydrogen) atoms. The molecule has 2 amide bonds. The lowest BCUT2D eigenvalue weighted by Crippen LogP contribution is -2.33. The molecule has 7 nitrogen and oxygen atoms in total. The van der Waals surface area contributed by atoms with E-state index >= 15 is 0 Å². The van der Waals surface area contributed by atoms with Crippen molar-refractivity contribution in [1.29, 1.82) is 0 Å². The van der Waals surface area contributed by atoms with Gasteiger partial charge < -0.3 is 15.5 Å². The summed E-state index contributed by atoms with van der Waals surface area (Å²) in [7, 11) is 0. The molecule has 0 spiro atoms. The first-order valence-corrected chi connectivity index (χ1v) is 10.0. The lowest BCUT2D eigenvalue weighted by Gasteiger charge is -2.27. The first-order valence-electron chi connectivity index (χ1n) is 10.0. The van der Waals surface area contributed by atoms with E-state index in [1.54, 1.807) is 35.1 Å². The summed E-state index contributed by atoms with van der Waals surface area (Å²) in [5, 5.41) is 9.60. The summed E-state index contributed by atoms with van der Waals surface area (Å²) >= 11 is 0. The third-order valence-electron chi connectivity index (χ3n) is 4.75.